The van der Waals surface area contributed by atoms with Crippen molar-refractivity contribution in [3.63, 3.8) is 0 Å². The average molecular weight is 378 g/mol. The number of rotatable bonds is 8. The molecule has 1 aromatic rings. The highest BCUT2D eigenvalue weighted by Crippen LogP contribution is 2.31. The highest BCUT2D eigenvalue weighted by molar-refractivity contribution is 5.96. The summed E-state index contributed by atoms with van der Waals surface area (Å²) in [5, 5.41) is 14.1. The molecule has 3 rings (SSSR count). The minimum absolute atomic E-state index is 0.0798. The summed E-state index contributed by atoms with van der Waals surface area (Å²) < 4.78 is 0. The molecule has 2 atom stereocenters. The van der Waals surface area contributed by atoms with E-state index in [4.69, 9.17) is 0 Å². The lowest BCUT2D eigenvalue weighted by atomic mass is 9.92. The Kier molecular flexibility index (Phi) is 6.40. The summed E-state index contributed by atoms with van der Waals surface area (Å²) in [5.74, 6) is -0.451. The fraction of sp³-hybridized carbons (Fsp3) is 0.647. The monoisotopic (exact) mass is 378 g/mol. The molecule has 0 bridgehead atoms. The largest absolute Gasteiger partial charge is 0.331 e. The fourth-order valence-electron chi connectivity index (χ4n) is 3.94. The van der Waals surface area contributed by atoms with Gasteiger partial charge in [-0.05, 0) is 18.8 Å². The number of carbonyl (C=O) groups is 3. The normalized spacial score (nSPS) is 21.2. The number of aromatic amines is 1. The van der Waals surface area contributed by atoms with Gasteiger partial charge in [-0.15, -0.1) is 0 Å². The number of nitrogens with zero attached hydrogens (tertiary/aromatic N) is 3. The van der Waals surface area contributed by atoms with Crippen LogP contribution in [0.15, 0.2) is 12.4 Å². The van der Waals surface area contributed by atoms with Gasteiger partial charge in [0.25, 0.3) is 5.91 Å². The first kappa shape index (κ1) is 19.3. The third-order valence-electron chi connectivity index (χ3n) is 5.26. The van der Waals surface area contributed by atoms with Gasteiger partial charge in [-0.3, -0.25) is 29.9 Å². The Hall–Kier alpha value is -2.46. The topological polar surface area (TPSA) is 131 Å². The molecular formula is C17H26N6O4. The van der Waals surface area contributed by atoms with Gasteiger partial charge in [-0.2, -0.15) is 0 Å². The first-order valence-corrected chi connectivity index (χ1v) is 9.36. The van der Waals surface area contributed by atoms with Crippen molar-refractivity contribution in [2.24, 2.45) is 11.8 Å². The van der Waals surface area contributed by atoms with Crippen LogP contribution in [0, 0.1) is 11.8 Å². The number of H-pyrrole nitrogens is 1. The Labute approximate surface area is 157 Å². The second kappa shape index (κ2) is 8.96. The molecule has 3 amide bonds. The van der Waals surface area contributed by atoms with Gasteiger partial charge in [-0.1, -0.05) is 25.7 Å². The minimum atomic E-state index is -0.669. The molecule has 10 nitrogen and oxygen atoms in total. The number of nitrogens with one attached hydrogen (secondary N) is 3. The highest BCUT2D eigenvalue weighted by Gasteiger charge is 2.39. The number of hydrogen-bond donors (Lipinski definition) is 4. The molecule has 1 saturated carbocycles. The molecular weight excluding hydrogens is 352 g/mol. The van der Waals surface area contributed by atoms with E-state index < -0.39 is 12.0 Å². The quantitative estimate of drug-likeness (QED) is 0.296. The summed E-state index contributed by atoms with van der Waals surface area (Å²) in [6.07, 6.45) is 8.86. The minimum Gasteiger partial charge on any atom is -0.331 e. The number of hydrazine groups is 1. The molecule has 1 unspecified atom stereocenters. The van der Waals surface area contributed by atoms with Crippen LogP contribution in [0.3, 0.4) is 0 Å². The molecule has 1 saturated heterocycles. The van der Waals surface area contributed by atoms with E-state index in [2.05, 4.69) is 20.7 Å². The molecule has 1 aliphatic heterocycles. The second-order valence-electron chi connectivity index (χ2n) is 7.16. The molecule has 2 fully saturated rings. The van der Waals surface area contributed by atoms with Gasteiger partial charge in [0.05, 0.1) is 12.5 Å². The van der Waals surface area contributed by atoms with E-state index in [1.807, 2.05) is 0 Å². The van der Waals surface area contributed by atoms with Crippen molar-refractivity contribution in [3.05, 3.63) is 12.4 Å². The molecule has 1 aromatic heterocycles. The van der Waals surface area contributed by atoms with Crippen LogP contribution in [0.2, 0.25) is 0 Å². The van der Waals surface area contributed by atoms with Crippen molar-refractivity contribution in [1.82, 2.24) is 25.5 Å². The van der Waals surface area contributed by atoms with Gasteiger partial charge in [0.2, 0.25) is 18.3 Å². The molecule has 27 heavy (non-hydrogen) atoms. The maximum Gasteiger partial charge on any atom is 0.251 e. The van der Waals surface area contributed by atoms with E-state index in [1.54, 1.807) is 6.20 Å². The van der Waals surface area contributed by atoms with Crippen molar-refractivity contribution in [3.8, 4) is 0 Å². The molecule has 2 aliphatic rings. The zero-order valence-electron chi connectivity index (χ0n) is 15.1. The fourth-order valence-corrected chi connectivity index (χ4v) is 3.94. The Morgan fingerprint density at radius 1 is 1.41 bits per heavy atom. The van der Waals surface area contributed by atoms with E-state index in [-0.39, 0.29) is 18.4 Å². The number of carbonyl (C=O) groups excluding carboxylic acids is 3. The molecule has 0 spiro atoms. The molecule has 2 heterocycles. The Bertz CT molecular complexity index is 646. The van der Waals surface area contributed by atoms with E-state index >= 15 is 0 Å². The maximum absolute atomic E-state index is 13.1. The van der Waals surface area contributed by atoms with E-state index in [0.717, 1.165) is 25.7 Å². The van der Waals surface area contributed by atoms with Crippen LogP contribution in [-0.4, -0.2) is 62.6 Å². The van der Waals surface area contributed by atoms with E-state index in [0.29, 0.717) is 42.7 Å². The number of hydrogen-bond acceptors (Lipinski definition) is 6. The summed E-state index contributed by atoms with van der Waals surface area (Å²) in [7, 11) is 0. The maximum atomic E-state index is 13.1. The van der Waals surface area contributed by atoms with Gasteiger partial charge >= 0.3 is 0 Å². The molecule has 10 heteroatoms. The number of amides is 3. The van der Waals surface area contributed by atoms with Crippen LogP contribution in [0.4, 0.5) is 5.95 Å². The lowest BCUT2D eigenvalue weighted by Crippen LogP contribution is -2.51. The Morgan fingerprint density at radius 3 is 2.85 bits per heavy atom. The predicted molar refractivity (Wildman–Crippen MR) is 95.1 cm³/mol. The SMILES string of the molecule is O=CN(O)CC(CC1CCCC1)C(=O)N1NCC[C@H]1C(=O)Nc1ncc[nH]1. The first-order valence-electron chi connectivity index (χ1n) is 9.36. The first-order chi connectivity index (χ1) is 13.1. The van der Waals surface area contributed by atoms with E-state index in [9.17, 15) is 19.6 Å². The van der Waals surface area contributed by atoms with Crippen molar-refractivity contribution in [1.29, 1.82) is 0 Å². The van der Waals surface area contributed by atoms with Gasteiger partial charge in [-0.25, -0.2) is 15.5 Å². The lowest BCUT2D eigenvalue weighted by molar-refractivity contribution is -0.159. The standard InChI is InChI=1S/C17H26N6O4/c24-11-22(27)10-13(9-12-3-1-2-4-12)16(26)23-14(5-6-20-23)15(25)21-17-18-7-8-19-17/h7-8,11-14,20,27H,1-6,9-10H2,(H2,18,19,21,25)/t13?,14-/m0/s1. The number of hydroxylamine groups is 2. The van der Waals surface area contributed by atoms with Gasteiger partial charge in [0.15, 0.2) is 0 Å². The zero-order valence-corrected chi connectivity index (χ0v) is 15.1. The predicted octanol–water partition coefficient (Wildman–Crippen LogP) is 0.498. The number of aromatic nitrogens is 2. The van der Waals surface area contributed by atoms with Crippen LogP contribution < -0.4 is 10.7 Å². The van der Waals surface area contributed by atoms with E-state index in [1.165, 1.54) is 11.2 Å². The van der Waals surface area contributed by atoms with Gasteiger partial charge in [0, 0.05) is 18.9 Å². The third-order valence-corrected chi connectivity index (χ3v) is 5.26. The third kappa shape index (κ3) is 4.83. The molecule has 0 aromatic carbocycles. The summed E-state index contributed by atoms with van der Waals surface area (Å²) >= 11 is 0. The lowest BCUT2D eigenvalue weighted by Gasteiger charge is -2.29. The Balaban J connectivity index is 1.68. The second-order valence-corrected chi connectivity index (χ2v) is 7.16. The average Bonchev–Trinajstić information content (AvgIpc) is 3.42. The summed E-state index contributed by atoms with van der Waals surface area (Å²) in [4.78, 5) is 43.2. The van der Waals surface area contributed by atoms with Crippen molar-refractivity contribution < 1.29 is 19.6 Å². The van der Waals surface area contributed by atoms with Crippen LogP contribution in [-0.2, 0) is 14.4 Å². The summed E-state index contributed by atoms with van der Waals surface area (Å²) in [6, 6.07) is -0.669. The van der Waals surface area contributed by atoms with Crippen molar-refractivity contribution in [2.45, 2.75) is 44.6 Å². The van der Waals surface area contributed by atoms with Gasteiger partial charge < -0.3 is 4.98 Å². The highest BCUT2D eigenvalue weighted by atomic mass is 16.5. The van der Waals surface area contributed by atoms with Crippen LogP contribution >= 0.6 is 0 Å². The van der Waals surface area contributed by atoms with Crippen LogP contribution in [0.1, 0.15) is 38.5 Å². The van der Waals surface area contributed by atoms with Gasteiger partial charge in [0.1, 0.15) is 6.04 Å². The van der Waals surface area contributed by atoms with Crippen LogP contribution in [0.25, 0.3) is 0 Å². The summed E-state index contributed by atoms with van der Waals surface area (Å²) in [6.45, 7) is 0.415. The molecule has 148 valence electrons. The molecule has 0 radical (unpaired) electrons. The van der Waals surface area contributed by atoms with Crippen LogP contribution in [0.5, 0.6) is 0 Å². The summed E-state index contributed by atoms with van der Waals surface area (Å²) in [5.41, 5.74) is 2.97. The zero-order chi connectivity index (χ0) is 19.2. The van der Waals surface area contributed by atoms with Crippen molar-refractivity contribution >= 4 is 24.2 Å². The smallest absolute Gasteiger partial charge is 0.251 e. The Morgan fingerprint density at radius 2 is 2.19 bits per heavy atom. The molecule has 1 aliphatic carbocycles. The van der Waals surface area contributed by atoms with Crippen molar-refractivity contribution in [2.75, 3.05) is 18.4 Å². The molecule has 4 N–H and O–H groups in total. The number of imidazole rings is 1. The number of anilines is 1.